The molecular weight excluding hydrogens is 254 g/mol. The molecule has 0 spiro atoms. The molecule has 0 unspecified atom stereocenters. The van der Waals surface area contributed by atoms with Crippen molar-refractivity contribution in [3.63, 3.8) is 0 Å². The number of nitrogens with one attached hydrogen (secondary N) is 1. The number of benzene rings is 1. The highest BCUT2D eigenvalue weighted by atomic mass is 16.6. The van der Waals surface area contributed by atoms with Gasteiger partial charge in [-0.05, 0) is 31.5 Å². The fraction of sp³-hybridized carbons (Fsp3) is 0.600. The molecule has 0 bridgehead atoms. The first-order valence-electron chi connectivity index (χ1n) is 7.27. The quantitative estimate of drug-likeness (QED) is 0.662. The lowest BCUT2D eigenvalue weighted by Gasteiger charge is -2.31. The zero-order chi connectivity index (χ0) is 14.5. The van der Waals surface area contributed by atoms with Crippen LogP contribution in [-0.4, -0.2) is 30.0 Å². The molecule has 2 rings (SSSR count). The summed E-state index contributed by atoms with van der Waals surface area (Å²) in [5.74, 6) is 0. The largest absolute Gasteiger partial charge is 0.383 e. The molecule has 1 N–H and O–H groups in total. The summed E-state index contributed by atoms with van der Waals surface area (Å²) in [4.78, 5) is 12.9. The molecule has 1 aliphatic rings. The fourth-order valence-electron chi connectivity index (χ4n) is 2.98. The highest BCUT2D eigenvalue weighted by Crippen LogP contribution is 2.27. The summed E-state index contributed by atoms with van der Waals surface area (Å²) in [5, 5.41) is 13.8. The Morgan fingerprint density at radius 1 is 1.35 bits per heavy atom. The molecule has 5 nitrogen and oxygen atoms in total. The minimum absolute atomic E-state index is 0.136. The van der Waals surface area contributed by atoms with E-state index < -0.39 is 0 Å². The number of nitrogens with zero attached hydrogens (tertiary/aromatic N) is 2. The Bertz CT molecular complexity index is 470. The van der Waals surface area contributed by atoms with Crippen molar-refractivity contribution < 1.29 is 4.92 Å². The van der Waals surface area contributed by atoms with E-state index in [-0.39, 0.29) is 10.6 Å². The van der Waals surface area contributed by atoms with E-state index >= 15 is 0 Å². The monoisotopic (exact) mass is 277 g/mol. The van der Waals surface area contributed by atoms with Crippen molar-refractivity contribution in [3.8, 4) is 0 Å². The van der Waals surface area contributed by atoms with Gasteiger partial charge >= 0.3 is 0 Å². The molecule has 0 radical (unpaired) electrons. The maximum Gasteiger partial charge on any atom is 0.292 e. The van der Waals surface area contributed by atoms with Crippen LogP contribution in [0.25, 0.3) is 0 Å². The van der Waals surface area contributed by atoms with Crippen molar-refractivity contribution in [2.45, 2.75) is 44.7 Å². The van der Waals surface area contributed by atoms with E-state index in [1.54, 1.807) is 13.1 Å². The SMILES string of the molecule is CNc1cc(CN(C)C2CCCCC2)ccc1[N+](=O)[O-]. The van der Waals surface area contributed by atoms with Gasteiger partial charge in [-0.3, -0.25) is 15.0 Å². The van der Waals surface area contributed by atoms with Crippen LogP contribution < -0.4 is 5.32 Å². The van der Waals surface area contributed by atoms with Crippen LogP contribution in [0.2, 0.25) is 0 Å². The van der Waals surface area contributed by atoms with E-state index in [1.807, 2.05) is 12.1 Å². The molecule has 20 heavy (non-hydrogen) atoms. The van der Waals surface area contributed by atoms with Gasteiger partial charge in [0.15, 0.2) is 0 Å². The lowest BCUT2D eigenvalue weighted by molar-refractivity contribution is -0.384. The van der Waals surface area contributed by atoms with E-state index in [0.29, 0.717) is 11.7 Å². The van der Waals surface area contributed by atoms with Crippen molar-refractivity contribution in [2.75, 3.05) is 19.4 Å². The van der Waals surface area contributed by atoms with Gasteiger partial charge in [-0.2, -0.15) is 0 Å². The topological polar surface area (TPSA) is 58.4 Å². The van der Waals surface area contributed by atoms with Gasteiger partial charge in [0.05, 0.1) is 4.92 Å². The van der Waals surface area contributed by atoms with E-state index in [1.165, 1.54) is 32.1 Å². The lowest BCUT2D eigenvalue weighted by Crippen LogP contribution is -2.32. The molecule has 1 aliphatic carbocycles. The molecule has 0 aliphatic heterocycles. The lowest BCUT2D eigenvalue weighted by atomic mass is 9.94. The number of nitro benzene ring substituents is 1. The van der Waals surface area contributed by atoms with E-state index in [9.17, 15) is 10.1 Å². The Kier molecular flexibility index (Phi) is 4.95. The molecule has 0 atom stereocenters. The first kappa shape index (κ1) is 14.8. The Labute approximate surface area is 120 Å². The van der Waals surface area contributed by atoms with Crippen LogP contribution in [0.15, 0.2) is 18.2 Å². The summed E-state index contributed by atoms with van der Waals surface area (Å²) in [7, 11) is 3.87. The van der Waals surface area contributed by atoms with Crippen LogP contribution in [0.1, 0.15) is 37.7 Å². The molecule has 1 saturated carbocycles. The summed E-state index contributed by atoms with van der Waals surface area (Å²) in [6.07, 6.45) is 6.52. The van der Waals surface area contributed by atoms with Crippen LogP contribution in [0, 0.1) is 10.1 Å². The average Bonchev–Trinajstić information content (AvgIpc) is 2.47. The first-order valence-corrected chi connectivity index (χ1v) is 7.27. The van der Waals surface area contributed by atoms with Crippen molar-refractivity contribution in [1.82, 2.24) is 4.90 Å². The summed E-state index contributed by atoms with van der Waals surface area (Å²) in [5.41, 5.74) is 1.84. The number of nitro groups is 1. The normalized spacial score (nSPS) is 16.4. The Morgan fingerprint density at radius 3 is 2.65 bits per heavy atom. The van der Waals surface area contributed by atoms with Gasteiger partial charge in [0.25, 0.3) is 5.69 Å². The molecule has 1 aromatic rings. The molecule has 0 heterocycles. The van der Waals surface area contributed by atoms with Crippen LogP contribution in [0.4, 0.5) is 11.4 Å². The molecule has 0 aromatic heterocycles. The number of anilines is 1. The summed E-state index contributed by atoms with van der Waals surface area (Å²) in [6.45, 7) is 0.845. The van der Waals surface area contributed by atoms with E-state index in [0.717, 1.165) is 12.1 Å². The highest BCUT2D eigenvalue weighted by molar-refractivity contribution is 5.62. The second kappa shape index (κ2) is 6.70. The number of rotatable bonds is 5. The first-order chi connectivity index (χ1) is 9.61. The van der Waals surface area contributed by atoms with Gasteiger partial charge in [0.2, 0.25) is 0 Å². The average molecular weight is 277 g/mol. The predicted octanol–water partition coefficient (Wildman–Crippen LogP) is 3.40. The van der Waals surface area contributed by atoms with Gasteiger partial charge in [-0.1, -0.05) is 25.3 Å². The van der Waals surface area contributed by atoms with Crippen LogP contribution in [0.3, 0.4) is 0 Å². The molecular formula is C15H23N3O2. The van der Waals surface area contributed by atoms with Gasteiger partial charge in [0, 0.05) is 25.7 Å². The fourth-order valence-corrected chi connectivity index (χ4v) is 2.98. The minimum Gasteiger partial charge on any atom is -0.383 e. The summed E-state index contributed by atoms with van der Waals surface area (Å²) in [6, 6.07) is 5.99. The molecule has 1 fully saturated rings. The number of hydrogen-bond acceptors (Lipinski definition) is 4. The third kappa shape index (κ3) is 3.48. The summed E-state index contributed by atoms with van der Waals surface area (Å²) >= 11 is 0. The van der Waals surface area contributed by atoms with Gasteiger partial charge < -0.3 is 5.32 Å². The van der Waals surface area contributed by atoms with Crippen molar-refractivity contribution in [2.24, 2.45) is 0 Å². The maximum atomic E-state index is 10.9. The summed E-state index contributed by atoms with van der Waals surface area (Å²) < 4.78 is 0. The molecule has 0 saturated heterocycles. The Morgan fingerprint density at radius 2 is 2.05 bits per heavy atom. The highest BCUT2D eigenvalue weighted by Gasteiger charge is 2.19. The third-order valence-electron chi connectivity index (χ3n) is 4.16. The smallest absolute Gasteiger partial charge is 0.292 e. The van der Waals surface area contributed by atoms with Crippen molar-refractivity contribution >= 4 is 11.4 Å². The molecule has 5 heteroatoms. The standard InChI is InChI=1S/C15H23N3O2/c1-16-14-10-12(8-9-15(14)18(19)20)11-17(2)13-6-4-3-5-7-13/h8-10,13,16H,3-7,11H2,1-2H3. The predicted molar refractivity (Wildman–Crippen MR) is 81.0 cm³/mol. The van der Waals surface area contributed by atoms with Crippen LogP contribution in [0.5, 0.6) is 0 Å². The Balaban J connectivity index is 2.07. The Hall–Kier alpha value is -1.62. The van der Waals surface area contributed by atoms with Crippen LogP contribution >= 0.6 is 0 Å². The number of hydrogen-bond donors (Lipinski definition) is 1. The third-order valence-corrected chi connectivity index (χ3v) is 4.16. The molecule has 1 aromatic carbocycles. The van der Waals surface area contributed by atoms with Crippen molar-refractivity contribution in [1.29, 1.82) is 0 Å². The second-order valence-electron chi connectivity index (χ2n) is 5.57. The van der Waals surface area contributed by atoms with Crippen molar-refractivity contribution in [3.05, 3.63) is 33.9 Å². The molecule has 110 valence electrons. The van der Waals surface area contributed by atoms with Crippen LogP contribution in [-0.2, 0) is 6.54 Å². The van der Waals surface area contributed by atoms with E-state index in [4.69, 9.17) is 0 Å². The minimum atomic E-state index is -0.347. The van der Waals surface area contributed by atoms with Gasteiger partial charge in [0.1, 0.15) is 5.69 Å². The zero-order valence-corrected chi connectivity index (χ0v) is 12.3. The van der Waals surface area contributed by atoms with Gasteiger partial charge in [-0.15, -0.1) is 0 Å². The van der Waals surface area contributed by atoms with E-state index in [2.05, 4.69) is 17.3 Å². The maximum absolute atomic E-state index is 10.9. The van der Waals surface area contributed by atoms with Gasteiger partial charge in [-0.25, -0.2) is 0 Å². The zero-order valence-electron chi connectivity index (χ0n) is 12.3. The molecule has 0 amide bonds. The second-order valence-corrected chi connectivity index (χ2v) is 5.57.